The summed E-state index contributed by atoms with van der Waals surface area (Å²) < 4.78 is 10.3. The highest BCUT2D eigenvalue weighted by atomic mass is 17.0. The number of carbonyl (C=O) groups is 4. The Balaban J connectivity index is 1.43. The standard InChI is InChI=1S/C34H50NO9/c1-23-27(31(38)33(41-5)25(3)29(23)36)19-15-11-7-9-13-17-21-43-35(40)44-22-18-14-10-8-12-16-20-28-24(2)30(37)26(4)34(42-6)32(28)39/h7-22H2,1-6H3/q+1. The van der Waals surface area contributed by atoms with Crippen LogP contribution in [-0.2, 0) is 38.3 Å². The maximum atomic E-state index is 12.6. The number of hydrogen-bond donors (Lipinski definition) is 0. The van der Waals surface area contributed by atoms with Gasteiger partial charge in [-0.15, -0.1) is 0 Å². The Bertz CT molecular complexity index is 1130. The zero-order valence-corrected chi connectivity index (χ0v) is 27.4. The van der Waals surface area contributed by atoms with E-state index in [0.717, 1.165) is 77.0 Å². The average Bonchev–Trinajstić information content (AvgIpc) is 3.00. The van der Waals surface area contributed by atoms with Crippen LogP contribution in [0.4, 0.5) is 0 Å². The fraction of sp³-hybridized carbons (Fsp3) is 0.647. The monoisotopic (exact) mass is 616 g/mol. The number of methoxy groups -OCH3 is 2. The third kappa shape index (κ3) is 10.3. The Morgan fingerprint density at radius 3 is 1.11 bits per heavy atom. The first-order valence-electron chi connectivity index (χ1n) is 15.9. The van der Waals surface area contributed by atoms with Crippen molar-refractivity contribution in [1.82, 2.24) is 0 Å². The molecule has 0 aliphatic heterocycles. The van der Waals surface area contributed by atoms with Gasteiger partial charge in [-0.05, 0) is 79.1 Å². The van der Waals surface area contributed by atoms with Crippen molar-refractivity contribution < 1.29 is 43.4 Å². The normalized spacial score (nSPS) is 16.0. The average molecular weight is 617 g/mol. The molecule has 0 amide bonds. The Hall–Kier alpha value is -3.56. The number of rotatable bonds is 22. The van der Waals surface area contributed by atoms with Gasteiger partial charge in [0.2, 0.25) is 11.6 Å². The molecule has 0 aromatic rings. The van der Waals surface area contributed by atoms with Gasteiger partial charge in [0.05, 0.1) is 14.2 Å². The molecule has 0 heterocycles. The van der Waals surface area contributed by atoms with Gasteiger partial charge in [0.1, 0.15) is 4.91 Å². The lowest BCUT2D eigenvalue weighted by atomic mass is 9.87. The number of ether oxygens (including phenoxy) is 2. The van der Waals surface area contributed by atoms with Crippen molar-refractivity contribution in [3.05, 3.63) is 49.9 Å². The maximum absolute atomic E-state index is 12.6. The summed E-state index contributed by atoms with van der Waals surface area (Å²) >= 11 is 0. The SMILES string of the molecule is COC1=C(C)C(=O)C(C)=C(CCCCCCCCO[N+](=O)OCCCCCCCCC2=C(C)C(=O)C(C)=C(OC)C2=O)C1=O. The van der Waals surface area contributed by atoms with Crippen molar-refractivity contribution in [2.45, 2.75) is 118 Å². The van der Waals surface area contributed by atoms with Gasteiger partial charge in [0, 0.05) is 33.4 Å². The van der Waals surface area contributed by atoms with Crippen LogP contribution < -0.4 is 0 Å². The Morgan fingerprint density at radius 2 is 0.773 bits per heavy atom. The van der Waals surface area contributed by atoms with Crippen LogP contribution in [0.25, 0.3) is 0 Å². The van der Waals surface area contributed by atoms with Crippen LogP contribution in [0.2, 0.25) is 0 Å². The van der Waals surface area contributed by atoms with E-state index >= 15 is 0 Å². The van der Waals surface area contributed by atoms with E-state index in [9.17, 15) is 24.1 Å². The van der Waals surface area contributed by atoms with Crippen LogP contribution in [0.15, 0.2) is 45.0 Å². The predicted octanol–water partition coefficient (Wildman–Crippen LogP) is 6.87. The first-order valence-corrected chi connectivity index (χ1v) is 15.9. The summed E-state index contributed by atoms with van der Waals surface area (Å²) in [6.07, 6.45) is 12.0. The van der Waals surface area contributed by atoms with Gasteiger partial charge >= 0.3 is 5.09 Å². The Kier molecular flexibility index (Phi) is 15.8. The number of unbranched alkanes of at least 4 members (excludes halogenated alkanes) is 10. The van der Waals surface area contributed by atoms with Crippen LogP contribution in [0.1, 0.15) is 118 Å². The summed E-state index contributed by atoms with van der Waals surface area (Å²) in [6, 6.07) is 0. The topological polar surface area (TPSA) is 125 Å². The first-order chi connectivity index (χ1) is 21.1. The fourth-order valence-electron chi connectivity index (χ4n) is 5.63. The van der Waals surface area contributed by atoms with Crippen LogP contribution in [0, 0.1) is 4.91 Å². The molecular formula is C34H50NO9+. The fourth-order valence-corrected chi connectivity index (χ4v) is 5.63. The molecule has 0 saturated heterocycles. The van der Waals surface area contributed by atoms with Crippen molar-refractivity contribution in [3.8, 4) is 0 Å². The zero-order chi connectivity index (χ0) is 32.6. The number of carbonyl (C=O) groups excluding carboxylic acids is 4. The summed E-state index contributed by atoms with van der Waals surface area (Å²) in [5.41, 5.74) is 2.93. The molecule has 2 rings (SSSR count). The highest BCUT2D eigenvalue weighted by Gasteiger charge is 2.31. The van der Waals surface area contributed by atoms with Crippen molar-refractivity contribution in [3.63, 3.8) is 0 Å². The third-order valence-corrected chi connectivity index (χ3v) is 8.35. The lowest BCUT2D eigenvalue weighted by Gasteiger charge is -2.19. The quantitative estimate of drug-likeness (QED) is 0.0728. The van der Waals surface area contributed by atoms with Gasteiger partial charge in [-0.2, -0.15) is 9.68 Å². The summed E-state index contributed by atoms with van der Waals surface area (Å²) in [6.45, 7) is 7.26. The second-order valence-corrected chi connectivity index (χ2v) is 11.5. The van der Waals surface area contributed by atoms with Gasteiger partial charge in [-0.1, -0.05) is 38.5 Å². The molecule has 2 aliphatic carbocycles. The summed E-state index contributed by atoms with van der Waals surface area (Å²) in [5.74, 6) is -0.261. The Labute approximate surface area is 261 Å². The van der Waals surface area contributed by atoms with E-state index in [2.05, 4.69) is 0 Å². The van der Waals surface area contributed by atoms with E-state index in [0.29, 0.717) is 59.5 Å². The highest BCUT2D eigenvalue weighted by molar-refractivity contribution is 6.24. The van der Waals surface area contributed by atoms with Gasteiger partial charge in [-0.25, -0.2) is 0 Å². The molecular weight excluding hydrogens is 566 g/mol. The van der Waals surface area contributed by atoms with Crippen molar-refractivity contribution >= 4 is 23.1 Å². The minimum absolute atomic E-state index is 0.117. The molecule has 0 unspecified atom stereocenters. The number of ketones is 4. The lowest BCUT2D eigenvalue weighted by molar-refractivity contribution is -0.981. The molecule has 0 fully saturated rings. The molecule has 0 aromatic carbocycles. The second-order valence-electron chi connectivity index (χ2n) is 11.5. The van der Waals surface area contributed by atoms with Gasteiger partial charge in [-0.3, -0.25) is 19.2 Å². The first kappa shape index (κ1) is 36.6. The molecule has 0 spiro atoms. The third-order valence-electron chi connectivity index (χ3n) is 8.35. The number of Topliss-reactive ketones (excluding diaryl/α,β-unsaturated/α-hetero) is 4. The van der Waals surface area contributed by atoms with Crippen molar-refractivity contribution in [2.75, 3.05) is 27.4 Å². The molecule has 2 aliphatic rings. The van der Waals surface area contributed by atoms with Crippen LogP contribution >= 0.6 is 0 Å². The predicted molar refractivity (Wildman–Crippen MR) is 165 cm³/mol. The molecule has 44 heavy (non-hydrogen) atoms. The number of allylic oxidation sites excluding steroid dienone is 6. The van der Waals surface area contributed by atoms with E-state index in [1.807, 2.05) is 0 Å². The minimum Gasteiger partial charge on any atom is -0.492 e. The molecule has 0 radical (unpaired) electrons. The maximum Gasteiger partial charge on any atom is 0.477 e. The van der Waals surface area contributed by atoms with E-state index in [4.69, 9.17) is 19.1 Å². The smallest absolute Gasteiger partial charge is 0.477 e. The Morgan fingerprint density at radius 1 is 0.455 bits per heavy atom. The lowest BCUT2D eigenvalue weighted by Crippen LogP contribution is -2.23. The summed E-state index contributed by atoms with van der Waals surface area (Å²) in [7, 11) is 2.84. The molecule has 0 atom stereocenters. The van der Waals surface area contributed by atoms with E-state index < -0.39 is 0 Å². The van der Waals surface area contributed by atoms with Crippen LogP contribution in [0.5, 0.6) is 0 Å². The molecule has 10 heteroatoms. The van der Waals surface area contributed by atoms with Crippen LogP contribution in [-0.4, -0.2) is 55.7 Å². The largest absolute Gasteiger partial charge is 0.492 e. The molecule has 0 saturated carbocycles. The van der Waals surface area contributed by atoms with Crippen molar-refractivity contribution in [1.29, 1.82) is 0 Å². The minimum atomic E-state index is -0.174. The van der Waals surface area contributed by atoms with Gasteiger partial charge in [0.25, 0.3) is 0 Å². The molecule has 10 nitrogen and oxygen atoms in total. The van der Waals surface area contributed by atoms with E-state index in [-0.39, 0.29) is 39.7 Å². The van der Waals surface area contributed by atoms with Crippen LogP contribution in [0.3, 0.4) is 0 Å². The van der Waals surface area contributed by atoms with Gasteiger partial charge < -0.3 is 9.47 Å². The number of nitrogens with zero attached hydrogens (tertiary/aromatic N) is 1. The van der Waals surface area contributed by atoms with Crippen molar-refractivity contribution in [2.24, 2.45) is 0 Å². The highest BCUT2D eigenvalue weighted by Crippen LogP contribution is 2.29. The summed E-state index contributed by atoms with van der Waals surface area (Å²) in [5, 5.41) is 0.200. The van der Waals surface area contributed by atoms with E-state index in [1.54, 1.807) is 27.7 Å². The molecule has 0 N–H and O–H groups in total. The second kappa shape index (κ2) is 19.0. The van der Waals surface area contributed by atoms with Gasteiger partial charge in [0.15, 0.2) is 36.3 Å². The molecule has 0 bridgehead atoms. The van der Waals surface area contributed by atoms with E-state index in [1.165, 1.54) is 14.2 Å². The molecule has 244 valence electrons. The zero-order valence-electron chi connectivity index (χ0n) is 27.4. The molecule has 0 aromatic heterocycles. The number of hydrogen-bond acceptors (Lipinski definition) is 9. The summed E-state index contributed by atoms with van der Waals surface area (Å²) in [4.78, 5) is 71.7.